The third-order valence-electron chi connectivity index (χ3n) is 4.24. The molecule has 1 aromatic carbocycles. The van der Waals surface area contributed by atoms with Crippen molar-refractivity contribution in [3.05, 3.63) is 51.8 Å². The molecule has 2 aromatic rings. The first kappa shape index (κ1) is 15.4. The molecule has 0 saturated carbocycles. The van der Waals surface area contributed by atoms with Crippen LogP contribution in [0, 0.1) is 0 Å². The van der Waals surface area contributed by atoms with Crippen LogP contribution < -0.4 is 0 Å². The average molecular weight is 338 g/mol. The van der Waals surface area contributed by atoms with Gasteiger partial charge in [-0.05, 0) is 31.0 Å². The molecule has 116 valence electrons. The van der Waals surface area contributed by atoms with Crippen LogP contribution in [0.3, 0.4) is 0 Å². The third-order valence-corrected chi connectivity index (χ3v) is 5.06. The van der Waals surface area contributed by atoms with E-state index in [2.05, 4.69) is 11.2 Å². The Kier molecular flexibility index (Phi) is 4.41. The second-order valence-corrected chi connectivity index (χ2v) is 6.33. The van der Waals surface area contributed by atoms with Crippen molar-refractivity contribution < 1.29 is 4.79 Å². The molecule has 2 heterocycles. The lowest BCUT2D eigenvalue weighted by Gasteiger charge is -2.32. The Hall–Kier alpha value is -1.52. The molecule has 1 fully saturated rings. The number of aryl methyl sites for hydroxylation is 1. The summed E-state index contributed by atoms with van der Waals surface area (Å²) in [6.07, 6.45) is 3.69. The van der Waals surface area contributed by atoms with Crippen LogP contribution in [-0.2, 0) is 7.05 Å². The van der Waals surface area contributed by atoms with Crippen LogP contribution in [0.5, 0.6) is 0 Å². The van der Waals surface area contributed by atoms with Crippen molar-refractivity contribution in [1.29, 1.82) is 0 Å². The Morgan fingerprint density at radius 1 is 1.23 bits per heavy atom. The Morgan fingerprint density at radius 3 is 2.59 bits per heavy atom. The zero-order chi connectivity index (χ0) is 15.7. The highest BCUT2D eigenvalue weighted by Crippen LogP contribution is 2.30. The monoisotopic (exact) mass is 337 g/mol. The number of rotatable bonds is 2. The Labute approximate surface area is 139 Å². The second kappa shape index (κ2) is 6.31. The van der Waals surface area contributed by atoms with Crippen molar-refractivity contribution in [1.82, 2.24) is 14.7 Å². The predicted molar refractivity (Wildman–Crippen MR) is 87.5 cm³/mol. The molecule has 1 aromatic heterocycles. The lowest BCUT2D eigenvalue weighted by molar-refractivity contribution is 0.0711. The number of carbonyl (C=O) groups excluding carboxylic acids is 1. The van der Waals surface area contributed by atoms with Crippen LogP contribution >= 0.6 is 23.2 Å². The van der Waals surface area contributed by atoms with Gasteiger partial charge in [0, 0.05) is 37.9 Å². The molecular weight excluding hydrogens is 321 g/mol. The molecule has 6 heteroatoms. The summed E-state index contributed by atoms with van der Waals surface area (Å²) in [6.45, 7) is 1.44. The molecule has 1 aliphatic rings. The van der Waals surface area contributed by atoms with Crippen molar-refractivity contribution in [2.24, 2.45) is 7.05 Å². The summed E-state index contributed by atoms with van der Waals surface area (Å²) in [6, 6.07) is 7.22. The van der Waals surface area contributed by atoms with E-state index in [0.717, 1.165) is 25.9 Å². The molecule has 1 saturated heterocycles. The molecule has 0 N–H and O–H groups in total. The molecule has 0 spiro atoms. The highest BCUT2D eigenvalue weighted by Gasteiger charge is 2.27. The lowest BCUT2D eigenvalue weighted by Crippen LogP contribution is -2.38. The number of aromatic nitrogens is 2. The largest absolute Gasteiger partial charge is 0.339 e. The van der Waals surface area contributed by atoms with Crippen molar-refractivity contribution in [3.63, 3.8) is 0 Å². The number of hydrogen-bond donors (Lipinski definition) is 0. The first-order valence-electron chi connectivity index (χ1n) is 7.29. The van der Waals surface area contributed by atoms with Crippen LogP contribution in [0.25, 0.3) is 0 Å². The predicted octanol–water partition coefficient (Wildman–Crippen LogP) is 3.75. The van der Waals surface area contributed by atoms with Gasteiger partial charge in [0.15, 0.2) is 0 Å². The van der Waals surface area contributed by atoms with Gasteiger partial charge >= 0.3 is 0 Å². The van der Waals surface area contributed by atoms with E-state index in [-0.39, 0.29) is 5.91 Å². The number of carbonyl (C=O) groups is 1. The fourth-order valence-corrected chi connectivity index (χ4v) is 3.38. The Morgan fingerprint density at radius 2 is 1.95 bits per heavy atom. The smallest absolute Gasteiger partial charge is 0.255 e. The Bertz CT molecular complexity index is 690. The standard InChI is InChI=1S/C16H17Cl2N3O/c1-20-14(5-8-19-20)11-6-9-21(10-7-11)16(22)12-3-2-4-13(17)15(12)18/h2-5,8,11H,6-7,9-10H2,1H3. The van der Waals surface area contributed by atoms with Gasteiger partial charge in [0.05, 0.1) is 15.6 Å². The molecule has 22 heavy (non-hydrogen) atoms. The van der Waals surface area contributed by atoms with E-state index >= 15 is 0 Å². The van der Waals surface area contributed by atoms with Gasteiger partial charge in [-0.3, -0.25) is 9.48 Å². The molecule has 0 radical (unpaired) electrons. The van der Waals surface area contributed by atoms with E-state index in [9.17, 15) is 4.79 Å². The van der Waals surface area contributed by atoms with Crippen molar-refractivity contribution in [3.8, 4) is 0 Å². The number of amides is 1. The molecule has 1 aliphatic heterocycles. The number of nitrogens with zero attached hydrogens (tertiary/aromatic N) is 3. The van der Waals surface area contributed by atoms with Gasteiger partial charge in [0.1, 0.15) is 0 Å². The molecule has 4 nitrogen and oxygen atoms in total. The Balaban J connectivity index is 1.70. The quantitative estimate of drug-likeness (QED) is 0.836. The second-order valence-electron chi connectivity index (χ2n) is 5.55. The van der Waals surface area contributed by atoms with Crippen LogP contribution in [0.4, 0.5) is 0 Å². The summed E-state index contributed by atoms with van der Waals surface area (Å²) >= 11 is 12.1. The molecule has 3 rings (SSSR count). The molecule has 1 amide bonds. The van der Waals surface area contributed by atoms with E-state index in [0.29, 0.717) is 21.5 Å². The summed E-state index contributed by atoms with van der Waals surface area (Å²) in [5.74, 6) is 0.405. The van der Waals surface area contributed by atoms with E-state index < -0.39 is 0 Å². The first-order valence-corrected chi connectivity index (χ1v) is 8.04. The minimum Gasteiger partial charge on any atom is -0.339 e. The lowest BCUT2D eigenvalue weighted by atomic mass is 9.93. The van der Waals surface area contributed by atoms with Crippen LogP contribution in [-0.4, -0.2) is 33.7 Å². The third kappa shape index (κ3) is 2.85. The number of halogens is 2. The van der Waals surface area contributed by atoms with Gasteiger partial charge in [-0.2, -0.15) is 5.10 Å². The molecule has 0 bridgehead atoms. The summed E-state index contributed by atoms with van der Waals surface area (Å²) in [5.41, 5.74) is 1.71. The minimum absolute atomic E-state index is 0.0454. The topological polar surface area (TPSA) is 38.1 Å². The summed E-state index contributed by atoms with van der Waals surface area (Å²) < 4.78 is 1.91. The molecular formula is C16H17Cl2N3O. The van der Waals surface area contributed by atoms with Crippen molar-refractivity contribution in [2.45, 2.75) is 18.8 Å². The van der Waals surface area contributed by atoms with Crippen LogP contribution in [0.15, 0.2) is 30.5 Å². The zero-order valence-corrected chi connectivity index (χ0v) is 13.8. The van der Waals surface area contributed by atoms with Gasteiger partial charge in [-0.25, -0.2) is 0 Å². The van der Waals surface area contributed by atoms with Gasteiger partial charge < -0.3 is 4.90 Å². The molecule has 0 atom stereocenters. The number of likely N-dealkylation sites (tertiary alicyclic amines) is 1. The molecule has 0 aliphatic carbocycles. The zero-order valence-electron chi connectivity index (χ0n) is 12.3. The summed E-state index contributed by atoms with van der Waals surface area (Å²) in [7, 11) is 1.96. The normalized spacial score (nSPS) is 16.0. The first-order chi connectivity index (χ1) is 10.6. The van der Waals surface area contributed by atoms with E-state index in [1.807, 2.05) is 22.8 Å². The van der Waals surface area contributed by atoms with E-state index in [1.165, 1.54) is 5.69 Å². The number of piperidine rings is 1. The van der Waals surface area contributed by atoms with Gasteiger partial charge in [0.2, 0.25) is 0 Å². The van der Waals surface area contributed by atoms with Crippen molar-refractivity contribution in [2.75, 3.05) is 13.1 Å². The molecule has 0 unspecified atom stereocenters. The summed E-state index contributed by atoms with van der Waals surface area (Å²) in [5, 5.41) is 4.97. The maximum atomic E-state index is 12.6. The average Bonchev–Trinajstić information content (AvgIpc) is 2.96. The number of benzene rings is 1. The van der Waals surface area contributed by atoms with Gasteiger partial charge in [0.25, 0.3) is 5.91 Å². The summed E-state index contributed by atoms with van der Waals surface area (Å²) in [4.78, 5) is 14.4. The maximum absolute atomic E-state index is 12.6. The SMILES string of the molecule is Cn1nccc1C1CCN(C(=O)c2cccc(Cl)c2Cl)CC1. The maximum Gasteiger partial charge on any atom is 0.255 e. The van der Waals surface area contributed by atoms with Crippen LogP contribution in [0.2, 0.25) is 10.0 Å². The highest BCUT2D eigenvalue weighted by molar-refractivity contribution is 6.43. The highest BCUT2D eigenvalue weighted by atomic mass is 35.5. The minimum atomic E-state index is -0.0454. The fraction of sp³-hybridized carbons (Fsp3) is 0.375. The van der Waals surface area contributed by atoms with Gasteiger partial charge in [-0.1, -0.05) is 29.3 Å². The fourth-order valence-electron chi connectivity index (χ4n) is 3.00. The van der Waals surface area contributed by atoms with E-state index in [4.69, 9.17) is 23.2 Å². The van der Waals surface area contributed by atoms with Crippen LogP contribution in [0.1, 0.15) is 34.8 Å². The van der Waals surface area contributed by atoms with Crippen molar-refractivity contribution >= 4 is 29.1 Å². The van der Waals surface area contributed by atoms with E-state index in [1.54, 1.807) is 18.2 Å². The van der Waals surface area contributed by atoms with Gasteiger partial charge in [-0.15, -0.1) is 0 Å². The number of hydrogen-bond acceptors (Lipinski definition) is 2.